The molecule has 0 spiro atoms. The first-order chi connectivity index (χ1) is 20.1. The van der Waals surface area contributed by atoms with Crippen molar-refractivity contribution in [1.29, 1.82) is 0 Å². The number of carbonyl (C=O) groups is 1. The van der Waals surface area contributed by atoms with E-state index in [1.54, 1.807) is 24.3 Å². The van der Waals surface area contributed by atoms with Crippen LogP contribution in [0.15, 0.2) is 103 Å². The van der Waals surface area contributed by atoms with E-state index in [2.05, 4.69) is 0 Å². The van der Waals surface area contributed by atoms with E-state index in [9.17, 15) is 18.0 Å². The van der Waals surface area contributed by atoms with E-state index in [-0.39, 0.29) is 37.0 Å². The Balaban J connectivity index is 1.58. The maximum Gasteiger partial charge on any atom is 0.419 e. The number of aliphatic carboxylic acids is 1. The van der Waals surface area contributed by atoms with Gasteiger partial charge in [0.15, 0.2) is 0 Å². The summed E-state index contributed by atoms with van der Waals surface area (Å²) in [6, 6.07) is 29.9. The molecule has 220 valence electrons. The fraction of sp³-hybridized carbons (Fsp3) is 0.265. The van der Waals surface area contributed by atoms with Crippen LogP contribution >= 0.6 is 0 Å². The van der Waals surface area contributed by atoms with Crippen LogP contribution < -0.4 is 4.74 Å². The predicted octanol–water partition coefficient (Wildman–Crippen LogP) is 7.82. The van der Waals surface area contributed by atoms with Gasteiger partial charge in [0.25, 0.3) is 0 Å². The second-order valence-corrected chi connectivity index (χ2v) is 10.5. The van der Waals surface area contributed by atoms with Gasteiger partial charge in [-0.05, 0) is 34.9 Å². The second kappa shape index (κ2) is 14.1. The quantitative estimate of drug-likeness (QED) is 0.164. The molecule has 0 heterocycles. The molecular formula is C34H33F4NO3. The van der Waals surface area contributed by atoms with Gasteiger partial charge in [-0.2, -0.15) is 13.2 Å². The summed E-state index contributed by atoms with van der Waals surface area (Å²) in [7, 11) is 0. The molecule has 4 aromatic rings. The first-order valence-electron chi connectivity index (χ1n) is 13.7. The van der Waals surface area contributed by atoms with Crippen LogP contribution in [0.1, 0.15) is 40.7 Å². The molecule has 0 aliphatic heterocycles. The van der Waals surface area contributed by atoms with Crippen molar-refractivity contribution in [2.24, 2.45) is 5.92 Å². The summed E-state index contributed by atoms with van der Waals surface area (Å²) in [5, 5.41) is 9.08. The number of nitrogens with zero attached hydrogens (tertiary/aromatic N) is 1. The molecule has 0 aliphatic carbocycles. The molecule has 1 atom stereocenters. The molecule has 0 bridgehead atoms. The van der Waals surface area contributed by atoms with Crippen molar-refractivity contribution in [2.75, 3.05) is 19.7 Å². The molecule has 1 unspecified atom stereocenters. The lowest BCUT2D eigenvalue weighted by Gasteiger charge is -2.31. The molecule has 0 amide bonds. The lowest BCUT2D eigenvalue weighted by Crippen LogP contribution is -2.34. The number of rotatable bonds is 13. The topological polar surface area (TPSA) is 49.8 Å². The van der Waals surface area contributed by atoms with Gasteiger partial charge in [-0.15, -0.1) is 0 Å². The first kappa shape index (κ1) is 30.8. The summed E-state index contributed by atoms with van der Waals surface area (Å²) in [6.45, 7) is 3.06. The van der Waals surface area contributed by atoms with E-state index in [1.165, 1.54) is 12.1 Å². The predicted molar refractivity (Wildman–Crippen MR) is 154 cm³/mol. The minimum Gasteiger partial charge on any atom is -0.493 e. The average molecular weight is 580 g/mol. The second-order valence-electron chi connectivity index (χ2n) is 10.5. The average Bonchev–Trinajstić information content (AvgIpc) is 2.96. The molecule has 0 fully saturated rings. The summed E-state index contributed by atoms with van der Waals surface area (Å²) in [6.07, 6.45) is -4.92. The zero-order valence-corrected chi connectivity index (χ0v) is 23.2. The Morgan fingerprint density at radius 3 is 2.07 bits per heavy atom. The first-order valence-corrected chi connectivity index (χ1v) is 13.7. The van der Waals surface area contributed by atoms with E-state index in [4.69, 9.17) is 9.84 Å². The lowest BCUT2D eigenvalue weighted by atomic mass is 9.90. The molecule has 42 heavy (non-hydrogen) atoms. The van der Waals surface area contributed by atoms with Crippen LogP contribution in [-0.2, 0) is 23.9 Å². The summed E-state index contributed by atoms with van der Waals surface area (Å²) in [5.74, 6) is -1.87. The Hall–Kier alpha value is -4.17. The van der Waals surface area contributed by atoms with Gasteiger partial charge >= 0.3 is 12.1 Å². The van der Waals surface area contributed by atoms with E-state index in [0.717, 1.165) is 17.2 Å². The molecule has 0 saturated heterocycles. The monoisotopic (exact) mass is 579 g/mol. The lowest BCUT2D eigenvalue weighted by molar-refractivity contribution is -0.140. The van der Waals surface area contributed by atoms with Gasteiger partial charge < -0.3 is 9.84 Å². The number of ether oxygens (including phenoxy) is 1. The largest absolute Gasteiger partial charge is 0.493 e. The van der Waals surface area contributed by atoms with Crippen LogP contribution in [0.25, 0.3) is 0 Å². The summed E-state index contributed by atoms with van der Waals surface area (Å²) < 4.78 is 61.6. The van der Waals surface area contributed by atoms with Crippen LogP contribution in [0.2, 0.25) is 0 Å². The van der Waals surface area contributed by atoms with Gasteiger partial charge in [-0.3, -0.25) is 9.69 Å². The zero-order chi connectivity index (χ0) is 30.1. The van der Waals surface area contributed by atoms with E-state index in [1.807, 2.05) is 72.5 Å². The number of hydrogen-bond donors (Lipinski definition) is 1. The Labute approximate surface area is 243 Å². The summed E-state index contributed by atoms with van der Waals surface area (Å²) in [4.78, 5) is 13.0. The van der Waals surface area contributed by atoms with Crippen LogP contribution in [0, 0.1) is 11.7 Å². The van der Waals surface area contributed by atoms with Crippen molar-refractivity contribution in [3.05, 3.63) is 137 Å². The number of carboxylic acid groups (broad SMARTS) is 1. The van der Waals surface area contributed by atoms with E-state index in [0.29, 0.717) is 24.4 Å². The number of carboxylic acids is 1. The molecule has 4 rings (SSSR count). The van der Waals surface area contributed by atoms with Crippen molar-refractivity contribution in [3.63, 3.8) is 0 Å². The van der Waals surface area contributed by atoms with Gasteiger partial charge in [0, 0.05) is 37.0 Å². The third kappa shape index (κ3) is 8.66. The SMILES string of the molecule is CC(COc1cccc(CC(=O)O)c1)CN(Cc1cccc(C(F)(F)F)c1F)CC(c1ccccc1)c1ccccc1. The fourth-order valence-electron chi connectivity index (χ4n) is 5.05. The third-order valence-corrected chi connectivity index (χ3v) is 6.98. The van der Waals surface area contributed by atoms with Gasteiger partial charge in [-0.1, -0.05) is 91.9 Å². The highest BCUT2D eigenvalue weighted by Crippen LogP contribution is 2.33. The van der Waals surface area contributed by atoms with Gasteiger partial charge in [-0.25, -0.2) is 4.39 Å². The maximum absolute atomic E-state index is 15.1. The Kier molecular flexibility index (Phi) is 10.4. The highest BCUT2D eigenvalue weighted by Gasteiger charge is 2.35. The minimum absolute atomic E-state index is 0.0235. The van der Waals surface area contributed by atoms with Gasteiger partial charge in [0.05, 0.1) is 18.6 Å². The fourth-order valence-corrected chi connectivity index (χ4v) is 5.05. The molecular weight excluding hydrogens is 546 g/mol. The normalized spacial score (nSPS) is 12.5. The van der Waals surface area contributed by atoms with Crippen LogP contribution in [0.5, 0.6) is 5.75 Å². The Morgan fingerprint density at radius 1 is 0.857 bits per heavy atom. The van der Waals surface area contributed by atoms with Crippen LogP contribution in [0.4, 0.5) is 17.6 Å². The molecule has 0 saturated carbocycles. The zero-order valence-electron chi connectivity index (χ0n) is 23.2. The van der Waals surface area contributed by atoms with Crippen molar-refractivity contribution in [3.8, 4) is 5.75 Å². The van der Waals surface area contributed by atoms with Crippen molar-refractivity contribution in [1.82, 2.24) is 4.90 Å². The molecule has 8 heteroatoms. The molecule has 0 aliphatic rings. The number of hydrogen-bond acceptors (Lipinski definition) is 3. The number of halogens is 4. The van der Waals surface area contributed by atoms with Gasteiger partial charge in [0.1, 0.15) is 11.6 Å². The standard InChI is InChI=1S/C34H33F4NO3/c1-24(23-42-29-16-8-10-25(18-29)19-32(40)41)20-39(21-28-15-9-17-31(33(28)35)34(36,37)38)22-30(26-11-4-2-5-12-26)27-13-6-3-7-14-27/h2-18,24,30H,19-23H2,1H3,(H,40,41). The Morgan fingerprint density at radius 2 is 1.48 bits per heavy atom. The smallest absolute Gasteiger partial charge is 0.419 e. The van der Waals surface area contributed by atoms with Crippen molar-refractivity contribution >= 4 is 5.97 Å². The third-order valence-electron chi connectivity index (χ3n) is 6.98. The Bertz CT molecular complexity index is 1400. The molecule has 0 radical (unpaired) electrons. The molecule has 4 aromatic carbocycles. The summed E-state index contributed by atoms with van der Waals surface area (Å²) in [5.41, 5.74) is 1.39. The van der Waals surface area contributed by atoms with Crippen molar-refractivity contribution < 1.29 is 32.2 Å². The summed E-state index contributed by atoms with van der Waals surface area (Å²) >= 11 is 0. The molecule has 1 N–H and O–H groups in total. The maximum atomic E-state index is 15.1. The number of alkyl halides is 3. The van der Waals surface area contributed by atoms with Crippen molar-refractivity contribution in [2.45, 2.75) is 32.0 Å². The molecule has 0 aromatic heterocycles. The van der Waals surface area contributed by atoms with E-state index < -0.39 is 23.5 Å². The highest BCUT2D eigenvalue weighted by molar-refractivity contribution is 5.70. The van der Waals surface area contributed by atoms with E-state index >= 15 is 4.39 Å². The van der Waals surface area contributed by atoms with Crippen LogP contribution in [0.3, 0.4) is 0 Å². The minimum atomic E-state index is -4.79. The highest BCUT2D eigenvalue weighted by atomic mass is 19.4. The van der Waals surface area contributed by atoms with Crippen LogP contribution in [-0.4, -0.2) is 35.7 Å². The number of benzene rings is 4. The molecule has 4 nitrogen and oxygen atoms in total. The van der Waals surface area contributed by atoms with Gasteiger partial charge in [0.2, 0.25) is 0 Å².